The molecule has 2 aromatic rings. The van der Waals surface area contributed by atoms with E-state index in [0.29, 0.717) is 21.4 Å². The van der Waals surface area contributed by atoms with Gasteiger partial charge in [0.15, 0.2) is 5.69 Å². The highest BCUT2D eigenvalue weighted by molar-refractivity contribution is 9.10. The molecule has 0 aliphatic carbocycles. The smallest absolute Gasteiger partial charge is 0.314 e. The third-order valence-electron chi connectivity index (χ3n) is 3.03. The second-order valence-corrected chi connectivity index (χ2v) is 5.23. The van der Waals surface area contributed by atoms with Crippen molar-refractivity contribution in [3.05, 3.63) is 43.9 Å². The van der Waals surface area contributed by atoms with Gasteiger partial charge in [-0.15, -0.1) is 0 Å². The van der Waals surface area contributed by atoms with Gasteiger partial charge in [0.1, 0.15) is 6.20 Å². The number of carboxylic acids is 1. The minimum absolute atomic E-state index is 0.186. The van der Waals surface area contributed by atoms with Crippen LogP contribution in [0, 0.1) is 24.0 Å². The summed E-state index contributed by atoms with van der Waals surface area (Å²) < 4.78 is 1.78. The lowest BCUT2D eigenvalue weighted by atomic mass is 10.1. The molecule has 9 heteroatoms. The second-order valence-electron chi connectivity index (χ2n) is 4.38. The molecule has 2 rings (SSSR count). The Morgan fingerprint density at radius 3 is 2.71 bits per heavy atom. The third kappa shape index (κ3) is 2.77. The van der Waals surface area contributed by atoms with Gasteiger partial charge in [0, 0.05) is 17.5 Å². The van der Waals surface area contributed by atoms with Crippen LogP contribution in [0.25, 0.3) is 5.69 Å². The molecule has 0 spiro atoms. The molecule has 0 unspecified atom stereocenters. The fourth-order valence-corrected chi connectivity index (χ4v) is 2.55. The summed E-state index contributed by atoms with van der Waals surface area (Å²) in [5, 5.41) is 24.3. The third-order valence-corrected chi connectivity index (χ3v) is 3.61. The van der Waals surface area contributed by atoms with E-state index < -0.39 is 10.9 Å². The van der Waals surface area contributed by atoms with Gasteiger partial charge in [0.2, 0.25) is 0 Å². The Morgan fingerprint density at radius 2 is 2.14 bits per heavy atom. The molecule has 2 aromatic heterocycles. The predicted molar refractivity (Wildman–Crippen MR) is 76.5 cm³/mol. The first-order chi connectivity index (χ1) is 9.82. The number of aryl methyl sites for hydroxylation is 1. The average molecular weight is 355 g/mol. The van der Waals surface area contributed by atoms with Gasteiger partial charge >= 0.3 is 11.7 Å². The Morgan fingerprint density at radius 1 is 1.48 bits per heavy atom. The zero-order valence-corrected chi connectivity index (χ0v) is 12.8. The van der Waals surface area contributed by atoms with Crippen molar-refractivity contribution >= 4 is 27.6 Å². The monoisotopic (exact) mass is 354 g/mol. The SMILES string of the molecule is Cc1nn(-c2c(Br)cncc2[N+](=O)[O-])c(C)c1CC(=O)O. The first-order valence-corrected chi connectivity index (χ1v) is 6.67. The minimum atomic E-state index is -0.982. The molecule has 0 aliphatic heterocycles. The van der Waals surface area contributed by atoms with Crippen LogP contribution in [0.3, 0.4) is 0 Å². The standard InChI is InChI=1S/C12H11BrN4O4/c1-6-8(3-11(18)19)7(2)16(15-6)12-9(13)4-14-5-10(12)17(20)21/h4-5H,3H2,1-2H3,(H,18,19). The quantitative estimate of drug-likeness (QED) is 0.665. The molecule has 0 radical (unpaired) electrons. The Balaban J connectivity index is 2.69. The Hall–Kier alpha value is -2.29. The van der Waals surface area contributed by atoms with Crippen LogP contribution in [0.4, 0.5) is 5.69 Å². The van der Waals surface area contributed by atoms with E-state index in [1.165, 1.54) is 10.9 Å². The van der Waals surface area contributed by atoms with E-state index in [9.17, 15) is 14.9 Å². The van der Waals surface area contributed by atoms with E-state index in [1.807, 2.05) is 0 Å². The fraction of sp³-hybridized carbons (Fsp3) is 0.250. The molecule has 1 N–H and O–H groups in total. The zero-order valence-electron chi connectivity index (χ0n) is 11.2. The summed E-state index contributed by atoms with van der Waals surface area (Å²) in [6, 6.07) is 0. The van der Waals surface area contributed by atoms with E-state index in [2.05, 4.69) is 26.0 Å². The predicted octanol–water partition coefficient (Wildman–Crippen LogP) is 2.18. The number of aliphatic carboxylic acids is 1. The largest absolute Gasteiger partial charge is 0.481 e. The molecule has 0 atom stereocenters. The lowest BCUT2D eigenvalue weighted by Gasteiger charge is -2.07. The van der Waals surface area contributed by atoms with E-state index in [1.54, 1.807) is 13.8 Å². The lowest BCUT2D eigenvalue weighted by molar-refractivity contribution is -0.385. The van der Waals surface area contributed by atoms with Crippen molar-refractivity contribution in [3.8, 4) is 5.69 Å². The number of hydrogen-bond acceptors (Lipinski definition) is 5. The number of rotatable bonds is 4. The van der Waals surface area contributed by atoms with Crippen molar-refractivity contribution < 1.29 is 14.8 Å². The average Bonchev–Trinajstić information content (AvgIpc) is 2.65. The van der Waals surface area contributed by atoms with Gasteiger partial charge in [0.25, 0.3) is 0 Å². The Kier molecular flexibility index (Phi) is 4.03. The van der Waals surface area contributed by atoms with E-state index >= 15 is 0 Å². The number of halogens is 1. The van der Waals surface area contributed by atoms with Crippen LogP contribution in [0.15, 0.2) is 16.9 Å². The van der Waals surface area contributed by atoms with E-state index in [-0.39, 0.29) is 17.8 Å². The normalized spacial score (nSPS) is 10.6. The molecular formula is C12H11BrN4O4. The zero-order chi connectivity index (χ0) is 15.7. The number of hydrogen-bond donors (Lipinski definition) is 1. The van der Waals surface area contributed by atoms with Crippen LogP contribution in [-0.2, 0) is 11.2 Å². The number of carbonyl (C=O) groups is 1. The van der Waals surface area contributed by atoms with Crippen LogP contribution in [0.2, 0.25) is 0 Å². The molecule has 0 aromatic carbocycles. The van der Waals surface area contributed by atoms with Gasteiger partial charge in [-0.25, -0.2) is 4.68 Å². The van der Waals surface area contributed by atoms with Crippen molar-refractivity contribution in [2.24, 2.45) is 0 Å². The molecule has 0 bridgehead atoms. The summed E-state index contributed by atoms with van der Waals surface area (Å²) in [5.74, 6) is -0.982. The molecule has 8 nitrogen and oxygen atoms in total. The molecule has 0 saturated heterocycles. The number of nitro groups is 1. The van der Waals surface area contributed by atoms with Crippen LogP contribution in [-0.4, -0.2) is 30.8 Å². The van der Waals surface area contributed by atoms with Gasteiger partial charge in [-0.1, -0.05) is 0 Å². The highest BCUT2D eigenvalue weighted by atomic mass is 79.9. The molecule has 2 heterocycles. The fourth-order valence-electron chi connectivity index (χ4n) is 2.06. The van der Waals surface area contributed by atoms with Crippen LogP contribution >= 0.6 is 15.9 Å². The summed E-state index contributed by atoms with van der Waals surface area (Å²) in [7, 11) is 0. The summed E-state index contributed by atoms with van der Waals surface area (Å²) in [4.78, 5) is 25.3. The molecule has 110 valence electrons. The lowest BCUT2D eigenvalue weighted by Crippen LogP contribution is -2.06. The maximum Gasteiger partial charge on any atom is 0.314 e. The van der Waals surface area contributed by atoms with Gasteiger partial charge in [0.05, 0.1) is 21.5 Å². The van der Waals surface area contributed by atoms with Crippen LogP contribution < -0.4 is 0 Å². The van der Waals surface area contributed by atoms with Gasteiger partial charge in [-0.05, 0) is 29.8 Å². The highest BCUT2D eigenvalue weighted by Gasteiger charge is 2.24. The molecule has 0 fully saturated rings. The first kappa shape index (κ1) is 15.1. The number of carboxylic acid groups (broad SMARTS) is 1. The van der Waals surface area contributed by atoms with E-state index in [0.717, 1.165) is 6.20 Å². The summed E-state index contributed by atoms with van der Waals surface area (Å²) >= 11 is 3.23. The van der Waals surface area contributed by atoms with Crippen molar-refractivity contribution in [1.82, 2.24) is 14.8 Å². The number of nitrogens with zero attached hydrogens (tertiary/aromatic N) is 4. The molecule has 21 heavy (non-hydrogen) atoms. The molecule has 0 saturated carbocycles. The maximum atomic E-state index is 11.1. The maximum absolute atomic E-state index is 11.1. The van der Waals surface area contributed by atoms with Gasteiger partial charge in [-0.2, -0.15) is 5.10 Å². The summed E-state index contributed by atoms with van der Waals surface area (Å²) in [6.07, 6.45) is 2.37. The van der Waals surface area contributed by atoms with Crippen LogP contribution in [0.5, 0.6) is 0 Å². The molecule has 0 amide bonds. The topological polar surface area (TPSA) is 111 Å². The molecular weight excluding hydrogens is 344 g/mol. The number of pyridine rings is 1. The van der Waals surface area contributed by atoms with Crippen molar-refractivity contribution in [3.63, 3.8) is 0 Å². The second kappa shape index (κ2) is 5.60. The number of aromatic nitrogens is 3. The first-order valence-electron chi connectivity index (χ1n) is 5.88. The van der Waals surface area contributed by atoms with E-state index in [4.69, 9.17) is 5.11 Å². The van der Waals surface area contributed by atoms with Gasteiger partial charge < -0.3 is 5.11 Å². The summed E-state index contributed by atoms with van der Waals surface area (Å²) in [5.41, 5.74) is 1.63. The summed E-state index contributed by atoms with van der Waals surface area (Å²) in [6.45, 7) is 3.34. The Labute approximate surface area is 127 Å². The van der Waals surface area contributed by atoms with Crippen molar-refractivity contribution in [2.45, 2.75) is 20.3 Å². The highest BCUT2D eigenvalue weighted by Crippen LogP contribution is 2.31. The van der Waals surface area contributed by atoms with Crippen molar-refractivity contribution in [2.75, 3.05) is 0 Å². The van der Waals surface area contributed by atoms with Gasteiger partial charge in [-0.3, -0.25) is 19.9 Å². The van der Waals surface area contributed by atoms with Crippen molar-refractivity contribution in [1.29, 1.82) is 0 Å². The molecule has 0 aliphatic rings. The Bertz CT molecular complexity index is 741. The van der Waals surface area contributed by atoms with Crippen LogP contribution in [0.1, 0.15) is 17.0 Å². The minimum Gasteiger partial charge on any atom is -0.481 e.